The topological polar surface area (TPSA) is 83.5 Å². The smallest absolute Gasteiger partial charge is 0.319 e. The molecule has 3 aromatic carbocycles. The van der Waals surface area contributed by atoms with E-state index in [0.29, 0.717) is 12.2 Å². The fourth-order valence-electron chi connectivity index (χ4n) is 2.73. The molecule has 2 N–H and O–H groups in total. The molecule has 0 amide bonds. The number of rotatable bonds is 7. The Morgan fingerprint density at radius 2 is 1.61 bits per heavy atom. The Morgan fingerprint density at radius 1 is 0.929 bits per heavy atom. The molecule has 0 fully saturated rings. The fraction of sp³-hybridized carbons (Fsp3) is 0.0952. The SMILES string of the molecule is O=C(O)CS(=O)(=O)c1ccc(NCc2cccc(-c3ccc(F)cc3)c2)cc1. The molecule has 0 saturated heterocycles. The number of aliphatic carboxylic acids is 1. The zero-order valence-electron chi connectivity index (χ0n) is 14.8. The molecule has 7 heteroatoms. The highest BCUT2D eigenvalue weighted by Crippen LogP contribution is 2.22. The average molecular weight is 399 g/mol. The van der Waals surface area contributed by atoms with Crippen LogP contribution in [0.2, 0.25) is 0 Å². The maximum absolute atomic E-state index is 13.1. The minimum absolute atomic E-state index is 0.0289. The number of benzene rings is 3. The van der Waals surface area contributed by atoms with Gasteiger partial charge in [0, 0.05) is 12.2 Å². The second-order valence-electron chi connectivity index (χ2n) is 6.24. The Bertz CT molecular complexity index is 1080. The second-order valence-corrected chi connectivity index (χ2v) is 8.23. The van der Waals surface area contributed by atoms with Gasteiger partial charge in [0.1, 0.15) is 5.82 Å². The van der Waals surface area contributed by atoms with Gasteiger partial charge in [-0.2, -0.15) is 0 Å². The zero-order chi connectivity index (χ0) is 20.1. The van der Waals surface area contributed by atoms with Crippen LogP contribution in [0, 0.1) is 5.82 Å². The molecule has 0 aliphatic carbocycles. The Morgan fingerprint density at radius 3 is 2.25 bits per heavy atom. The van der Waals surface area contributed by atoms with E-state index in [1.54, 1.807) is 24.3 Å². The van der Waals surface area contributed by atoms with Crippen molar-refractivity contribution in [3.05, 3.63) is 84.2 Å². The number of halogens is 1. The summed E-state index contributed by atoms with van der Waals surface area (Å²) in [4.78, 5) is 10.6. The molecule has 3 aromatic rings. The molecular formula is C21H18FNO4S. The number of nitrogens with one attached hydrogen (secondary N) is 1. The molecule has 0 aliphatic rings. The van der Waals surface area contributed by atoms with E-state index in [0.717, 1.165) is 16.7 Å². The van der Waals surface area contributed by atoms with Crippen molar-refractivity contribution in [2.45, 2.75) is 11.4 Å². The van der Waals surface area contributed by atoms with Crippen LogP contribution in [0.4, 0.5) is 10.1 Å². The lowest BCUT2D eigenvalue weighted by Crippen LogP contribution is -2.15. The molecule has 0 heterocycles. The van der Waals surface area contributed by atoms with E-state index in [1.807, 2.05) is 24.3 Å². The Hall–Kier alpha value is -3.19. The van der Waals surface area contributed by atoms with Gasteiger partial charge in [0.15, 0.2) is 15.6 Å². The van der Waals surface area contributed by atoms with Crippen molar-refractivity contribution >= 4 is 21.5 Å². The van der Waals surface area contributed by atoms with Crippen LogP contribution in [0.5, 0.6) is 0 Å². The van der Waals surface area contributed by atoms with Gasteiger partial charge in [0.2, 0.25) is 0 Å². The van der Waals surface area contributed by atoms with E-state index in [-0.39, 0.29) is 10.7 Å². The summed E-state index contributed by atoms with van der Waals surface area (Å²) >= 11 is 0. The van der Waals surface area contributed by atoms with E-state index in [9.17, 15) is 17.6 Å². The molecule has 0 aromatic heterocycles. The first-order valence-corrected chi connectivity index (χ1v) is 10.1. The van der Waals surface area contributed by atoms with Gasteiger partial charge in [-0.3, -0.25) is 4.79 Å². The van der Waals surface area contributed by atoms with Crippen LogP contribution in [0.1, 0.15) is 5.56 Å². The quantitative estimate of drug-likeness (QED) is 0.628. The molecule has 3 rings (SSSR count). The first kappa shape index (κ1) is 19.6. The van der Waals surface area contributed by atoms with Crippen LogP contribution in [-0.4, -0.2) is 25.2 Å². The summed E-state index contributed by atoms with van der Waals surface area (Å²) in [6, 6.07) is 20.0. The molecule has 0 radical (unpaired) electrons. The van der Waals surface area contributed by atoms with Crippen LogP contribution >= 0.6 is 0 Å². The Labute approximate surface area is 162 Å². The summed E-state index contributed by atoms with van der Waals surface area (Å²) in [6.45, 7) is 0.510. The molecule has 0 bridgehead atoms. The van der Waals surface area contributed by atoms with Crippen molar-refractivity contribution in [1.82, 2.24) is 0 Å². The van der Waals surface area contributed by atoms with Gasteiger partial charge in [-0.25, -0.2) is 12.8 Å². The van der Waals surface area contributed by atoms with Crippen LogP contribution < -0.4 is 5.32 Å². The lowest BCUT2D eigenvalue weighted by atomic mass is 10.0. The average Bonchev–Trinajstić information content (AvgIpc) is 2.66. The normalized spacial score (nSPS) is 11.2. The molecule has 0 unspecified atom stereocenters. The Balaban J connectivity index is 1.68. The summed E-state index contributed by atoms with van der Waals surface area (Å²) < 4.78 is 36.9. The van der Waals surface area contributed by atoms with Crippen molar-refractivity contribution in [2.75, 3.05) is 11.1 Å². The lowest BCUT2D eigenvalue weighted by Gasteiger charge is -2.09. The molecule has 5 nitrogen and oxygen atoms in total. The summed E-state index contributed by atoms with van der Waals surface area (Å²) in [6.07, 6.45) is 0. The third-order valence-corrected chi connectivity index (χ3v) is 5.75. The number of carboxylic acids is 1. The first-order chi connectivity index (χ1) is 13.3. The maximum atomic E-state index is 13.1. The molecule has 28 heavy (non-hydrogen) atoms. The van der Waals surface area contributed by atoms with Crippen molar-refractivity contribution in [1.29, 1.82) is 0 Å². The second kappa shape index (κ2) is 8.22. The largest absolute Gasteiger partial charge is 0.480 e. The van der Waals surface area contributed by atoms with Crippen LogP contribution in [0.15, 0.2) is 77.7 Å². The van der Waals surface area contributed by atoms with Gasteiger partial charge in [-0.15, -0.1) is 0 Å². The van der Waals surface area contributed by atoms with Crippen LogP contribution in [-0.2, 0) is 21.2 Å². The highest BCUT2D eigenvalue weighted by Gasteiger charge is 2.18. The molecule has 144 valence electrons. The summed E-state index contributed by atoms with van der Waals surface area (Å²) in [5, 5.41) is 11.9. The minimum atomic E-state index is -3.84. The van der Waals surface area contributed by atoms with Crippen molar-refractivity contribution in [3.63, 3.8) is 0 Å². The summed E-state index contributed by atoms with van der Waals surface area (Å²) in [7, 11) is -3.84. The van der Waals surface area contributed by atoms with E-state index in [4.69, 9.17) is 5.11 Å². The highest BCUT2D eigenvalue weighted by atomic mass is 32.2. The molecule has 0 saturated carbocycles. The monoisotopic (exact) mass is 399 g/mol. The van der Waals surface area contributed by atoms with Gasteiger partial charge in [0.25, 0.3) is 0 Å². The summed E-state index contributed by atoms with van der Waals surface area (Å²) in [5.74, 6) is -2.60. The Kier molecular flexibility index (Phi) is 5.75. The highest BCUT2D eigenvalue weighted by molar-refractivity contribution is 7.92. The van der Waals surface area contributed by atoms with Gasteiger partial charge < -0.3 is 10.4 Å². The van der Waals surface area contributed by atoms with Crippen molar-refractivity contribution in [3.8, 4) is 11.1 Å². The van der Waals surface area contributed by atoms with Gasteiger partial charge >= 0.3 is 5.97 Å². The number of hydrogen-bond donors (Lipinski definition) is 2. The standard InChI is InChI=1S/C21H18FNO4S/c22-18-6-4-16(5-7-18)17-3-1-2-15(12-17)13-23-19-8-10-20(11-9-19)28(26,27)14-21(24)25/h1-12,23H,13-14H2,(H,24,25). The van der Waals surface area contributed by atoms with E-state index < -0.39 is 21.6 Å². The third-order valence-electron chi connectivity index (χ3n) is 4.13. The fourth-order valence-corrected chi connectivity index (χ4v) is 3.78. The van der Waals surface area contributed by atoms with Crippen molar-refractivity contribution in [2.24, 2.45) is 0 Å². The third kappa shape index (κ3) is 4.95. The van der Waals surface area contributed by atoms with E-state index >= 15 is 0 Å². The van der Waals surface area contributed by atoms with Crippen LogP contribution in [0.25, 0.3) is 11.1 Å². The predicted molar refractivity (Wildman–Crippen MR) is 105 cm³/mol. The van der Waals surface area contributed by atoms with Gasteiger partial charge in [-0.1, -0.05) is 30.3 Å². The number of anilines is 1. The zero-order valence-corrected chi connectivity index (χ0v) is 15.6. The number of sulfone groups is 1. The van der Waals surface area contributed by atoms with Gasteiger partial charge in [0.05, 0.1) is 4.90 Å². The first-order valence-electron chi connectivity index (χ1n) is 8.47. The van der Waals surface area contributed by atoms with E-state index in [1.165, 1.54) is 24.3 Å². The maximum Gasteiger partial charge on any atom is 0.319 e. The number of hydrogen-bond acceptors (Lipinski definition) is 4. The number of carboxylic acid groups (broad SMARTS) is 1. The summed E-state index contributed by atoms with van der Waals surface area (Å²) in [5.41, 5.74) is 3.59. The van der Waals surface area contributed by atoms with Crippen molar-refractivity contribution < 1.29 is 22.7 Å². The predicted octanol–water partition coefficient (Wildman–Crippen LogP) is 3.96. The van der Waals surface area contributed by atoms with E-state index in [2.05, 4.69) is 5.32 Å². The minimum Gasteiger partial charge on any atom is -0.480 e. The van der Waals surface area contributed by atoms with Gasteiger partial charge in [-0.05, 0) is 59.2 Å². The molecular weight excluding hydrogens is 381 g/mol. The number of carbonyl (C=O) groups is 1. The molecule has 0 aliphatic heterocycles. The van der Waals surface area contributed by atoms with Crippen LogP contribution in [0.3, 0.4) is 0 Å². The lowest BCUT2D eigenvalue weighted by molar-refractivity contribution is -0.134. The molecule has 0 spiro atoms. The molecule has 0 atom stereocenters.